The summed E-state index contributed by atoms with van der Waals surface area (Å²) < 4.78 is 7.14. The summed E-state index contributed by atoms with van der Waals surface area (Å²) in [5.74, 6) is 1.23. The lowest BCUT2D eigenvalue weighted by molar-refractivity contribution is 0.403. The van der Waals surface area contributed by atoms with Crippen LogP contribution in [-0.4, -0.2) is 26.9 Å². The van der Waals surface area contributed by atoms with Crippen molar-refractivity contribution in [3.05, 3.63) is 36.2 Å². The highest BCUT2D eigenvalue weighted by Crippen LogP contribution is 2.26. The maximum Gasteiger partial charge on any atom is 0.162 e. The van der Waals surface area contributed by atoms with E-state index in [0.29, 0.717) is 11.6 Å². The highest BCUT2D eigenvalue weighted by Gasteiger charge is 2.21. The molecule has 0 aliphatic heterocycles. The van der Waals surface area contributed by atoms with E-state index in [4.69, 9.17) is 10.5 Å². The molecule has 2 aromatic rings. The average Bonchev–Trinajstić information content (AvgIpc) is 2.82. The Bertz CT molecular complexity index is 496. The number of nitrogens with zero attached hydrogens (tertiary/aromatic N) is 4. The minimum Gasteiger partial charge on any atom is -0.493 e. The van der Waals surface area contributed by atoms with Crippen molar-refractivity contribution in [3.8, 4) is 5.75 Å². The van der Waals surface area contributed by atoms with E-state index >= 15 is 0 Å². The summed E-state index contributed by atoms with van der Waals surface area (Å²) in [6.45, 7) is 2.88. The topological polar surface area (TPSA) is 78.9 Å². The Morgan fingerprint density at radius 1 is 1.39 bits per heavy atom. The van der Waals surface area contributed by atoms with Crippen LogP contribution in [0.15, 0.2) is 24.7 Å². The molecule has 96 valence electrons. The summed E-state index contributed by atoms with van der Waals surface area (Å²) in [5.41, 5.74) is 7.01. The van der Waals surface area contributed by atoms with Crippen molar-refractivity contribution in [2.75, 3.05) is 7.11 Å². The van der Waals surface area contributed by atoms with Crippen molar-refractivity contribution in [1.82, 2.24) is 19.7 Å². The zero-order valence-electron chi connectivity index (χ0n) is 10.6. The zero-order valence-corrected chi connectivity index (χ0v) is 10.6. The first-order valence-corrected chi connectivity index (χ1v) is 5.90. The van der Waals surface area contributed by atoms with E-state index in [9.17, 15) is 0 Å². The first-order valence-electron chi connectivity index (χ1n) is 5.90. The van der Waals surface area contributed by atoms with Gasteiger partial charge in [0.25, 0.3) is 0 Å². The Morgan fingerprint density at radius 3 is 2.72 bits per heavy atom. The Balaban J connectivity index is 2.39. The number of methoxy groups -OCH3 is 1. The van der Waals surface area contributed by atoms with Gasteiger partial charge in [-0.15, -0.1) is 0 Å². The molecule has 0 saturated heterocycles. The molecule has 1 atom stereocenters. The molecular weight excluding hydrogens is 230 g/mol. The normalized spacial score (nSPS) is 12.4. The van der Waals surface area contributed by atoms with Gasteiger partial charge in [0.2, 0.25) is 0 Å². The van der Waals surface area contributed by atoms with Gasteiger partial charge in [0, 0.05) is 18.9 Å². The standard InChI is InChI=1S/C12H17N5O/c1-3-7-17-11(9(18-2)8-16-17)10(13)12-14-5-4-6-15-12/h4-6,8,10H,3,7,13H2,1-2H3. The molecule has 0 bridgehead atoms. The zero-order chi connectivity index (χ0) is 13.0. The molecule has 1 unspecified atom stereocenters. The van der Waals surface area contributed by atoms with Crippen LogP contribution in [0.1, 0.15) is 30.9 Å². The average molecular weight is 247 g/mol. The van der Waals surface area contributed by atoms with Crippen LogP contribution in [-0.2, 0) is 6.54 Å². The number of aryl methyl sites for hydroxylation is 1. The van der Waals surface area contributed by atoms with Crippen molar-refractivity contribution in [2.45, 2.75) is 25.9 Å². The Labute approximate surface area is 106 Å². The van der Waals surface area contributed by atoms with Gasteiger partial charge in [-0.1, -0.05) is 6.92 Å². The van der Waals surface area contributed by atoms with Crippen LogP contribution in [0.5, 0.6) is 5.75 Å². The molecule has 0 amide bonds. The Morgan fingerprint density at radius 2 is 2.11 bits per heavy atom. The minimum absolute atomic E-state index is 0.435. The van der Waals surface area contributed by atoms with Crippen LogP contribution in [0.3, 0.4) is 0 Å². The molecule has 0 saturated carbocycles. The Hall–Kier alpha value is -1.95. The number of hydrogen-bond acceptors (Lipinski definition) is 5. The van der Waals surface area contributed by atoms with Gasteiger partial charge in [-0.2, -0.15) is 5.10 Å². The molecule has 0 radical (unpaired) electrons. The number of hydrogen-bond donors (Lipinski definition) is 1. The molecule has 0 fully saturated rings. The highest BCUT2D eigenvalue weighted by atomic mass is 16.5. The van der Waals surface area contributed by atoms with Gasteiger partial charge in [-0.3, -0.25) is 4.68 Å². The van der Waals surface area contributed by atoms with Gasteiger partial charge < -0.3 is 10.5 Å². The fourth-order valence-corrected chi connectivity index (χ4v) is 1.83. The largest absolute Gasteiger partial charge is 0.493 e. The maximum atomic E-state index is 6.20. The monoisotopic (exact) mass is 247 g/mol. The molecule has 6 heteroatoms. The lowest BCUT2D eigenvalue weighted by atomic mass is 10.2. The van der Waals surface area contributed by atoms with Crippen molar-refractivity contribution in [1.29, 1.82) is 0 Å². The summed E-state index contributed by atoms with van der Waals surface area (Å²) >= 11 is 0. The van der Waals surface area contributed by atoms with Gasteiger partial charge in [0.05, 0.1) is 13.3 Å². The quantitative estimate of drug-likeness (QED) is 0.857. The van der Waals surface area contributed by atoms with E-state index in [0.717, 1.165) is 18.7 Å². The number of ether oxygens (including phenoxy) is 1. The predicted octanol–water partition coefficient (Wildman–Crippen LogP) is 1.14. The van der Waals surface area contributed by atoms with Crippen molar-refractivity contribution < 1.29 is 4.74 Å². The predicted molar refractivity (Wildman–Crippen MR) is 67.1 cm³/mol. The summed E-state index contributed by atoms with van der Waals surface area (Å²) in [7, 11) is 1.61. The summed E-state index contributed by atoms with van der Waals surface area (Å²) in [6, 6.07) is 1.33. The third-order valence-corrected chi connectivity index (χ3v) is 2.66. The second-order valence-corrected chi connectivity index (χ2v) is 3.91. The fraction of sp³-hybridized carbons (Fsp3) is 0.417. The highest BCUT2D eigenvalue weighted by molar-refractivity contribution is 5.31. The Kier molecular flexibility index (Phi) is 3.88. The van der Waals surface area contributed by atoms with Crippen LogP contribution in [0, 0.1) is 0 Å². The van der Waals surface area contributed by atoms with Crippen LogP contribution >= 0.6 is 0 Å². The fourth-order valence-electron chi connectivity index (χ4n) is 1.83. The van der Waals surface area contributed by atoms with Gasteiger partial charge in [0.15, 0.2) is 11.6 Å². The summed E-state index contributed by atoms with van der Waals surface area (Å²) in [5, 5.41) is 4.28. The molecular formula is C12H17N5O. The molecule has 2 aromatic heterocycles. The van der Waals surface area contributed by atoms with Crippen LogP contribution in [0.2, 0.25) is 0 Å². The van der Waals surface area contributed by atoms with E-state index in [-0.39, 0.29) is 0 Å². The third kappa shape index (κ3) is 2.33. The molecule has 0 spiro atoms. The van der Waals surface area contributed by atoms with Crippen LogP contribution < -0.4 is 10.5 Å². The summed E-state index contributed by atoms with van der Waals surface area (Å²) in [4.78, 5) is 8.36. The van der Waals surface area contributed by atoms with E-state index in [1.54, 1.807) is 31.8 Å². The lowest BCUT2D eigenvalue weighted by Gasteiger charge is -2.14. The maximum absolute atomic E-state index is 6.20. The molecule has 0 aromatic carbocycles. The molecule has 0 aliphatic carbocycles. The van der Waals surface area contributed by atoms with E-state index in [1.165, 1.54) is 0 Å². The van der Waals surface area contributed by atoms with Crippen molar-refractivity contribution in [3.63, 3.8) is 0 Å². The third-order valence-electron chi connectivity index (χ3n) is 2.66. The molecule has 6 nitrogen and oxygen atoms in total. The molecule has 2 heterocycles. The second-order valence-electron chi connectivity index (χ2n) is 3.91. The van der Waals surface area contributed by atoms with E-state index in [1.807, 2.05) is 4.68 Å². The summed E-state index contributed by atoms with van der Waals surface area (Å²) in [6.07, 6.45) is 6.00. The van der Waals surface area contributed by atoms with Gasteiger partial charge in [-0.05, 0) is 12.5 Å². The van der Waals surface area contributed by atoms with Gasteiger partial charge in [-0.25, -0.2) is 9.97 Å². The lowest BCUT2D eigenvalue weighted by Crippen LogP contribution is -2.20. The van der Waals surface area contributed by atoms with Crippen molar-refractivity contribution >= 4 is 0 Å². The van der Waals surface area contributed by atoms with E-state index < -0.39 is 6.04 Å². The first-order chi connectivity index (χ1) is 8.77. The smallest absolute Gasteiger partial charge is 0.162 e. The first kappa shape index (κ1) is 12.5. The minimum atomic E-state index is -0.435. The van der Waals surface area contributed by atoms with Crippen LogP contribution in [0.25, 0.3) is 0 Å². The molecule has 18 heavy (non-hydrogen) atoms. The number of nitrogens with two attached hydrogens (primary N) is 1. The van der Waals surface area contributed by atoms with Gasteiger partial charge >= 0.3 is 0 Å². The van der Waals surface area contributed by atoms with Gasteiger partial charge in [0.1, 0.15) is 11.7 Å². The second kappa shape index (κ2) is 5.59. The SMILES string of the molecule is CCCn1ncc(OC)c1C(N)c1ncccn1. The molecule has 2 N–H and O–H groups in total. The number of rotatable bonds is 5. The van der Waals surface area contributed by atoms with Crippen LogP contribution in [0.4, 0.5) is 0 Å². The molecule has 2 rings (SSSR count). The number of aromatic nitrogens is 4. The van der Waals surface area contributed by atoms with E-state index in [2.05, 4.69) is 22.0 Å². The molecule has 0 aliphatic rings. The van der Waals surface area contributed by atoms with Crippen molar-refractivity contribution in [2.24, 2.45) is 5.73 Å².